The van der Waals surface area contributed by atoms with Gasteiger partial charge in [0.2, 0.25) is 5.91 Å². The predicted molar refractivity (Wildman–Crippen MR) is 80.2 cm³/mol. The summed E-state index contributed by atoms with van der Waals surface area (Å²) in [5.41, 5.74) is 5.54. The fourth-order valence-electron chi connectivity index (χ4n) is 2.19. The third-order valence-electron chi connectivity index (χ3n) is 3.55. The Bertz CT molecular complexity index is 452. The molecule has 1 unspecified atom stereocenters. The number of nitrogens with one attached hydrogen (secondary N) is 1. The molecule has 1 rings (SSSR count). The van der Waals surface area contributed by atoms with E-state index in [-0.39, 0.29) is 11.7 Å². The van der Waals surface area contributed by atoms with Gasteiger partial charge in [0.25, 0.3) is 0 Å². The Morgan fingerprint density at radius 2 is 2.15 bits per heavy atom. The highest BCUT2D eigenvalue weighted by atomic mass is 19.1. The maximum absolute atomic E-state index is 13.3. The van der Waals surface area contributed by atoms with E-state index in [1.54, 1.807) is 13.0 Å². The van der Waals surface area contributed by atoms with Gasteiger partial charge in [0.05, 0.1) is 5.54 Å². The molecule has 0 aliphatic rings. The molecule has 0 radical (unpaired) electrons. The van der Waals surface area contributed by atoms with Gasteiger partial charge in [0.1, 0.15) is 5.82 Å². The summed E-state index contributed by atoms with van der Waals surface area (Å²) < 4.78 is 13.3. The quantitative estimate of drug-likeness (QED) is 0.765. The van der Waals surface area contributed by atoms with Crippen LogP contribution in [-0.2, 0) is 4.79 Å². The molecule has 0 aliphatic heterocycles. The molecule has 0 spiro atoms. The SMILES string of the molecule is CCNC(C)(CCN(CC)c1cccc(F)c1)C(N)=O. The van der Waals surface area contributed by atoms with E-state index in [0.29, 0.717) is 19.5 Å². The monoisotopic (exact) mass is 281 g/mol. The Labute approximate surface area is 120 Å². The van der Waals surface area contributed by atoms with Crippen molar-refractivity contribution in [2.75, 3.05) is 24.5 Å². The number of rotatable bonds is 8. The lowest BCUT2D eigenvalue weighted by Crippen LogP contribution is -2.54. The number of benzene rings is 1. The van der Waals surface area contributed by atoms with Crippen LogP contribution >= 0.6 is 0 Å². The lowest BCUT2D eigenvalue weighted by Gasteiger charge is -2.31. The molecule has 0 aromatic heterocycles. The highest BCUT2D eigenvalue weighted by Crippen LogP contribution is 2.18. The molecule has 0 fully saturated rings. The number of primary amides is 1. The van der Waals surface area contributed by atoms with Crippen molar-refractivity contribution < 1.29 is 9.18 Å². The number of carbonyl (C=O) groups is 1. The molecule has 0 heterocycles. The van der Waals surface area contributed by atoms with E-state index in [1.807, 2.05) is 24.8 Å². The molecule has 1 aromatic rings. The molecule has 1 atom stereocenters. The highest BCUT2D eigenvalue weighted by molar-refractivity contribution is 5.84. The number of nitrogens with zero attached hydrogens (tertiary/aromatic N) is 1. The minimum Gasteiger partial charge on any atom is -0.372 e. The minimum atomic E-state index is -0.741. The van der Waals surface area contributed by atoms with Gasteiger partial charge in [-0.05, 0) is 45.0 Å². The highest BCUT2D eigenvalue weighted by Gasteiger charge is 2.30. The molecular weight excluding hydrogens is 257 g/mol. The summed E-state index contributed by atoms with van der Waals surface area (Å²) >= 11 is 0. The summed E-state index contributed by atoms with van der Waals surface area (Å²) in [7, 11) is 0. The molecule has 5 heteroatoms. The lowest BCUT2D eigenvalue weighted by molar-refractivity contribution is -0.124. The van der Waals surface area contributed by atoms with Gasteiger partial charge >= 0.3 is 0 Å². The molecule has 0 bridgehead atoms. The van der Waals surface area contributed by atoms with Crippen molar-refractivity contribution in [3.8, 4) is 0 Å². The fraction of sp³-hybridized carbons (Fsp3) is 0.533. The first-order valence-electron chi connectivity index (χ1n) is 6.98. The van der Waals surface area contributed by atoms with Crippen LogP contribution in [0.2, 0.25) is 0 Å². The summed E-state index contributed by atoms with van der Waals surface area (Å²) in [6, 6.07) is 6.47. The third kappa shape index (κ3) is 4.20. The van der Waals surface area contributed by atoms with Gasteiger partial charge in [-0.3, -0.25) is 4.79 Å². The minimum absolute atomic E-state index is 0.259. The summed E-state index contributed by atoms with van der Waals surface area (Å²) in [6.45, 7) is 7.78. The van der Waals surface area contributed by atoms with Gasteiger partial charge in [-0.2, -0.15) is 0 Å². The van der Waals surface area contributed by atoms with Gasteiger partial charge < -0.3 is 16.0 Å². The van der Waals surface area contributed by atoms with Crippen molar-refractivity contribution in [2.24, 2.45) is 5.73 Å². The number of halogens is 1. The Kier molecular flexibility index (Phi) is 5.95. The van der Waals surface area contributed by atoms with Crippen molar-refractivity contribution in [2.45, 2.75) is 32.7 Å². The molecule has 0 saturated heterocycles. The van der Waals surface area contributed by atoms with E-state index in [0.717, 1.165) is 12.2 Å². The summed E-state index contributed by atoms with van der Waals surface area (Å²) in [6.07, 6.45) is 0.570. The first-order chi connectivity index (χ1) is 9.42. The molecule has 0 aliphatic carbocycles. The zero-order valence-corrected chi connectivity index (χ0v) is 12.4. The van der Waals surface area contributed by atoms with Crippen molar-refractivity contribution in [1.82, 2.24) is 5.32 Å². The average Bonchev–Trinajstić information content (AvgIpc) is 2.39. The maximum atomic E-state index is 13.3. The van der Waals surface area contributed by atoms with Gasteiger partial charge in [-0.15, -0.1) is 0 Å². The lowest BCUT2D eigenvalue weighted by atomic mass is 9.96. The molecule has 112 valence electrons. The van der Waals surface area contributed by atoms with Crippen LogP contribution in [-0.4, -0.2) is 31.1 Å². The second kappa shape index (κ2) is 7.24. The van der Waals surface area contributed by atoms with Crippen LogP contribution in [0.4, 0.5) is 10.1 Å². The van der Waals surface area contributed by atoms with Crippen molar-refractivity contribution in [1.29, 1.82) is 0 Å². The van der Waals surface area contributed by atoms with E-state index >= 15 is 0 Å². The molecule has 20 heavy (non-hydrogen) atoms. The van der Waals surface area contributed by atoms with Crippen LogP contribution in [0.3, 0.4) is 0 Å². The third-order valence-corrected chi connectivity index (χ3v) is 3.55. The Morgan fingerprint density at radius 3 is 2.65 bits per heavy atom. The first kappa shape index (κ1) is 16.4. The van der Waals surface area contributed by atoms with E-state index in [4.69, 9.17) is 5.73 Å². The van der Waals surface area contributed by atoms with Gasteiger partial charge in [-0.1, -0.05) is 13.0 Å². The van der Waals surface area contributed by atoms with Crippen LogP contribution in [0.5, 0.6) is 0 Å². The van der Waals surface area contributed by atoms with Crippen molar-refractivity contribution in [3.63, 3.8) is 0 Å². The number of hydrogen-bond acceptors (Lipinski definition) is 3. The summed E-state index contributed by atoms with van der Waals surface area (Å²) in [5, 5.41) is 3.13. The maximum Gasteiger partial charge on any atom is 0.237 e. The normalized spacial score (nSPS) is 13.8. The number of likely N-dealkylation sites (N-methyl/N-ethyl adjacent to an activating group) is 1. The fourth-order valence-corrected chi connectivity index (χ4v) is 2.19. The van der Waals surface area contributed by atoms with E-state index < -0.39 is 5.54 Å². The molecular formula is C15H24FN3O. The molecule has 1 aromatic carbocycles. The van der Waals surface area contributed by atoms with Crippen LogP contribution in [0, 0.1) is 5.82 Å². The van der Waals surface area contributed by atoms with Crippen molar-refractivity contribution in [3.05, 3.63) is 30.1 Å². The molecule has 4 nitrogen and oxygen atoms in total. The summed E-state index contributed by atoms with van der Waals surface area (Å²) in [4.78, 5) is 13.6. The second-order valence-corrected chi connectivity index (χ2v) is 5.04. The Morgan fingerprint density at radius 1 is 1.45 bits per heavy atom. The average molecular weight is 281 g/mol. The predicted octanol–water partition coefficient (Wildman–Crippen LogP) is 1.90. The van der Waals surface area contributed by atoms with Crippen LogP contribution in [0.15, 0.2) is 24.3 Å². The van der Waals surface area contributed by atoms with Crippen LogP contribution in [0.25, 0.3) is 0 Å². The molecule has 3 N–H and O–H groups in total. The molecule has 0 saturated carbocycles. The standard InChI is InChI=1S/C15H24FN3O/c1-4-18-15(3,14(17)20)9-10-19(5-2)13-8-6-7-12(16)11-13/h6-8,11,18H,4-5,9-10H2,1-3H3,(H2,17,20). The van der Waals surface area contributed by atoms with Crippen molar-refractivity contribution >= 4 is 11.6 Å². The number of carbonyl (C=O) groups excluding carboxylic acids is 1. The second-order valence-electron chi connectivity index (χ2n) is 5.04. The largest absolute Gasteiger partial charge is 0.372 e. The Balaban J connectivity index is 2.76. The summed E-state index contributed by atoms with van der Waals surface area (Å²) in [5.74, 6) is -0.625. The topological polar surface area (TPSA) is 58.4 Å². The van der Waals surface area contributed by atoms with E-state index in [2.05, 4.69) is 5.32 Å². The van der Waals surface area contributed by atoms with Crippen LogP contribution in [0.1, 0.15) is 27.2 Å². The Hall–Kier alpha value is -1.62. The smallest absolute Gasteiger partial charge is 0.237 e. The van der Waals surface area contributed by atoms with Crippen LogP contribution < -0.4 is 16.0 Å². The zero-order valence-electron chi connectivity index (χ0n) is 12.4. The van der Waals surface area contributed by atoms with Gasteiger partial charge in [0.15, 0.2) is 0 Å². The van der Waals surface area contributed by atoms with Gasteiger partial charge in [0, 0.05) is 18.8 Å². The molecule has 1 amide bonds. The zero-order chi connectivity index (χ0) is 15.2. The van der Waals surface area contributed by atoms with E-state index in [9.17, 15) is 9.18 Å². The number of hydrogen-bond donors (Lipinski definition) is 2. The number of anilines is 1. The number of nitrogens with two attached hydrogens (primary N) is 1. The van der Waals surface area contributed by atoms with Gasteiger partial charge in [-0.25, -0.2) is 4.39 Å². The first-order valence-corrected chi connectivity index (χ1v) is 6.98. The van der Waals surface area contributed by atoms with E-state index in [1.165, 1.54) is 12.1 Å². The number of amides is 1.